The third-order valence-corrected chi connectivity index (χ3v) is 5.29. The van der Waals surface area contributed by atoms with Gasteiger partial charge in [-0.05, 0) is 42.0 Å². The average Bonchev–Trinajstić information content (AvgIpc) is 3.12. The Hall–Kier alpha value is -2.63. The monoisotopic (exact) mass is 413 g/mol. The molecule has 0 aliphatic carbocycles. The first-order valence-electron chi connectivity index (χ1n) is 8.73. The molecular formula is C21H17Cl2N3O2. The number of benzene rings is 2. The predicted octanol–water partition coefficient (Wildman–Crippen LogP) is 5.25. The van der Waals surface area contributed by atoms with Gasteiger partial charge in [0.2, 0.25) is 5.91 Å². The molecule has 0 saturated carbocycles. The van der Waals surface area contributed by atoms with Gasteiger partial charge in [-0.2, -0.15) is 5.10 Å². The molecule has 0 N–H and O–H groups in total. The number of hydrazone groups is 1. The van der Waals surface area contributed by atoms with Crippen molar-refractivity contribution in [1.29, 1.82) is 0 Å². The third-order valence-electron chi connectivity index (χ3n) is 4.75. The highest BCUT2D eigenvalue weighted by molar-refractivity contribution is 6.31. The summed E-state index contributed by atoms with van der Waals surface area (Å²) in [6.07, 6.45) is 0.525. The fourth-order valence-corrected chi connectivity index (χ4v) is 3.86. The van der Waals surface area contributed by atoms with Gasteiger partial charge in [0, 0.05) is 29.3 Å². The maximum absolute atomic E-state index is 12.3. The second-order valence-corrected chi connectivity index (χ2v) is 7.36. The molecule has 28 heavy (non-hydrogen) atoms. The molecule has 1 amide bonds. The first-order chi connectivity index (χ1) is 13.5. The first kappa shape index (κ1) is 18.7. The first-order valence-corrected chi connectivity index (χ1v) is 9.49. The van der Waals surface area contributed by atoms with E-state index in [4.69, 9.17) is 27.9 Å². The van der Waals surface area contributed by atoms with E-state index in [1.54, 1.807) is 13.2 Å². The van der Waals surface area contributed by atoms with Gasteiger partial charge < -0.3 is 4.74 Å². The van der Waals surface area contributed by atoms with Crippen molar-refractivity contribution in [2.45, 2.75) is 19.4 Å². The Labute approximate surface area is 172 Å². The summed E-state index contributed by atoms with van der Waals surface area (Å²) in [5, 5.41) is 7.87. The van der Waals surface area contributed by atoms with Crippen LogP contribution in [0.15, 0.2) is 53.6 Å². The number of pyridine rings is 1. The number of aromatic nitrogens is 1. The number of carbonyl (C=O) groups is 1. The highest BCUT2D eigenvalue weighted by Gasteiger charge is 2.33. The maximum atomic E-state index is 12.3. The van der Waals surface area contributed by atoms with Gasteiger partial charge in [0.15, 0.2) is 0 Å². The molecule has 2 aromatic carbocycles. The summed E-state index contributed by atoms with van der Waals surface area (Å²) in [5.74, 6) is 0.567. The van der Waals surface area contributed by atoms with Gasteiger partial charge in [-0.15, -0.1) is 0 Å². The summed E-state index contributed by atoms with van der Waals surface area (Å²) in [4.78, 5) is 16.8. The van der Waals surface area contributed by atoms with Crippen molar-refractivity contribution in [3.05, 3.63) is 69.8 Å². The second kappa shape index (κ2) is 7.41. The molecule has 142 valence electrons. The zero-order chi connectivity index (χ0) is 19.8. The molecule has 3 aromatic rings. The largest absolute Gasteiger partial charge is 0.497 e. The van der Waals surface area contributed by atoms with Gasteiger partial charge in [-0.1, -0.05) is 35.3 Å². The molecule has 1 aliphatic heterocycles. The van der Waals surface area contributed by atoms with Crippen LogP contribution in [0.1, 0.15) is 30.5 Å². The van der Waals surface area contributed by atoms with Crippen molar-refractivity contribution in [3.8, 4) is 5.75 Å². The number of nitrogens with zero attached hydrogens (tertiary/aromatic N) is 3. The Morgan fingerprint density at radius 3 is 2.71 bits per heavy atom. The summed E-state index contributed by atoms with van der Waals surface area (Å²) >= 11 is 12.6. The van der Waals surface area contributed by atoms with Gasteiger partial charge >= 0.3 is 0 Å². The van der Waals surface area contributed by atoms with Crippen LogP contribution in [0.5, 0.6) is 5.75 Å². The Morgan fingerprint density at radius 1 is 1.18 bits per heavy atom. The van der Waals surface area contributed by atoms with E-state index in [-0.39, 0.29) is 11.9 Å². The molecule has 1 aromatic heterocycles. The van der Waals surface area contributed by atoms with E-state index >= 15 is 0 Å². The molecule has 0 bridgehead atoms. The van der Waals surface area contributed by atoms with Crippen LogP contribution in [0.2, 0.25) is 10.2 Å². The Kier molecular flexibility index (Phi) is 4.96. The van der Waals surface area contributed by atoms with E-state index in [1.807, 2.05) is 42.5 Å². The fourth-order valence-electron chi connectivity index (χ4n) is 3.39. The second-order valence-electron chi connectivity index (χ2n) is 6.57. The minimum atomic E-state index is -0.331. The van der Waals surface area contributed by atoms with E-state index in [9.17, 15) is 4.79 Å². The van der Waals surface area contributed by atoms with Gasteiger partial charge in [0.1, 0.15) is 10.9 Å². The number of amides is 1. The topological polar surface area (TPSA) is 54.8 Å². The Bertz CT molecular complexity index is 1110. The summed E-state index contributed by atoms with van der Waals surface area (Å²) in [6, 6.07) is 14.6. The van der Waals surface area contributed by atoms with Crippen LogP contribution < -0.4 is 4.74 Å². The molecule has 0 fully saturated rings. The zero-order valence-electron chi connectivity index (χ0n) is 15.3. The molecular weight excluding hydrogens is 397 g/mol. The molecule has 7 heteroatoms. The van der Waals surface area contributed by atoms with Crippen LogP contribution in [0.25, 0.3) is 10.9 Å². The standard InChI is InChI=1S/C21H17Cl2N3O2/c1-12(27)26-20(11-19(25-26)13-4-3-5-15(22)8-13)17-10-14-9-16(28-2)6-7-18(14)24-21(17)23/h3-10,20H,11H2,1-2H3/t20-/m1/s1. The normalized spacial score (nSPS) is 16.4. The quantitative estimate of drug-likeness (QED) is 0.551. The predicted molar refractivity (Wildman–Crippen MR) is 111 cm³/mol. The average molecular weight is 414 g/mol. The van der Waals surface area contributed by atoms with Crippen molar-refractivity contribution < 1.29 is 9.53 Å². The zero-order valence-corrected chi connectivity index (χ0v) is 16.8. The lowest BCUT2D eigenvalue weighted by atomic mass is 9.98. The summed E-state index contributed by atoms with van der Waals surface area (Å²) in [6.45, 7) is 1.49. The minimum absolute atomic E-state index is 0.163. The van der Waals surface area contributed by atoms with Gasteiger partial charge in [-0.25, -0.2) is 9.99 Å². The highest BCUT2D eigenvalue weighted by atomic mass is 35.5. The number of halogens is 2. The van der Waals surface area contributed by atoms with E-state index in [1.165, 1.54) is 11.9 Å². The molecule has 0 radical (unpaired) electrons. The van der Waals surface area contributed by atoms with Crippen molar-refractivity contribution in [1.82, 2.24) is 9.99 Å². The van der Waals surface area contributed by atoms with E-state index in [0.29, 0.717) is 16.6 Å². The molecule has 1 atom stereocenters. The number of methoxy groups -OCH3 is 1. The van der Waals surface area contributed by atoms with Gasteiger partial charge in [0.05, 0.1) is 24.4 Å². The summed E-state index contributed by atoms with van der Waals surface area (Å²) < 4.78 is 5.30. The van der Waals surface area contributed by atoms with Crippen molar-refractivity contribution >= 4 is 45.7 Å². The number of hydrogen-bond donors (Lipinski definition) is 0. The number of hydrogen-bond acceptors (Lipinski definition) is 4. The van der Waals surface area contributed by atoms with E-state index in [0.717, 1.165) is 33.5 Å². The Morgan fingerprint density at radius 2 is 2.00 bits per heavy atom. The molecule has 5 nitrogen and oxygen atoms in total. The van der Waals surface area contributed by atoms with Gasteiger partial charge in [0.25, 0.3) is 0 Å². The van der Waals surface area contributed by atoms with Crippen LogP contribution in [-0.4, -0.2) is 28.7 Å². The van der Waals surface area contributed by atoms with E-state index in [2.05, 4.69) is 10.1 Å². The highest BCUT2D eigenvalue weighted by Crippen LogP contribution is 2.37. The lowest BCUT2D eigenvalue weighted by Crippen LogP contribution is -2.24. The van der Waals surface area contributed by atoms with Gasteiger partial charge in [-0.3, -0.25) is 4.79 Å². The number of ether oxygens (including phenoxy) is 1. The lowest BCUT2D eigenvalue weighted by molar-refractivity contribution is -0.130. The van der Waals surface area contributed by atoms with E-state index < -0.39 is 0 Å². The smallest absolute Gasteiger partial charge is 0.240 e. The summed E-state index contributed by atoms with van der Waals surface area (Å²) in [7, 11) is 1.62. The number of carbonyl (C=O) groups excluding carboxylic acids is 1. The molecule has 1 aliphatic rings. The molecule has 4 rings (SSSR count). The Balaban J connectivity index is 1.77. The van der Waals surface area contributed by atoms with Crippen molar-refractivity contribution in [2.75, 3.05) is 7.11 Å². The molecule has 0 saturated heterocycles. The van der Waals surface area contributed by atoms with Crippen LogP contribution in [0.3, 0.4) is 0 Å². The van der Waals surface area contributed by atoms with Crippen LogP contribution in [-0.2, 0) is 4.79 Å². The molecule has 2 heterocycles. The molecule has 0 spiro atoms. The van der Waals surface area contributed by atoms with Crippen molar-refractivity contribution in [2.24, 2.45) is 5.10 Å². The van der Waals surface area contributed by atoms with Crippen LogP contribution >= 0.6 is 23.2 Å². The lowest BCUT2D eigenvalue weighted by Gasteiger charge is -2.21. The maximum Gasteiger partial charge on any atom is 0.240 e. The summed E-state index contributed by atoms with van der Waals surface area (Å²) in [5.41, 5.74) is 3.17. The number of rotatable bonds is 3. The van der Waals surface area contributed by atoms with Crippen LogP contribution in [0, 0.1) is 0 Å². The number of fused-ring (bicyclic) bond motifs is 1. The third kappa shape index (κ3) is 3.43. The fraction of sp³-hybridized carbons (Fsp3) is 0.190. The molecule has 0 unspecified atom stereocenters. The van der Waals surface area contributed by atoms with Crippen LogP contribution in [0.4, 0.5) is 0 Å². The minimum Gasteiger partial charge on any atom is -0.497 e. The SMILES string of the molecule is COc1ccc2nc(Cl)c([C@H]3CC(c4cccc(Cl)c4)=NN3C(C)=O)cc2c1. The van der Waals surface area contributed by atoms with Crippen molar-refractivity contribution in [3.63, 3.8) is 0 Å².